The predicted octanol–water partition coefficient (Wildman–Crippen LogP) is 2.64. The molecule has 19 heavy (non-hydrogen) atoms. The molecule has 1 aliphatic heterocycles. The molecule has 1 aliphatic carbocycles. The van der Waals surface area contributed by atoms with E-state index in [1.807, 2.05) is 0 Å². The van der Waals surface area contributed by atoms with E-state index in [1.54, 1.807) is 0 Å². The molecule has 0 amide bonds. The number of rotatable bonds is 6. The smallest absolute Gasteiger partial charge is 0.127 e. The molecule has 104 valence electrons. The van der Waals surface area contributed by atoms with E-state index in [-0.39, 0.29) is 0 Å². The first-order chi connectivity index (χ1) is 9.22. The number of ether oxygens (including phenoxy) is 1. The lowest BCUT2D eigenvalue weighted by atomic mass is 10.0. The molecular weight excluding hydrogens is 306 g/mol. The fourth-order valence-corrected chi connectivity index (χ4v) is 3.42. The van der Waals surface area contributed by atoms with Crippen LogP contribution in [0.2, 0.25) is 0 Å². The molecule has 3 rings (SSSR count). The minimum absolute atomic E-state index is 0.303. The molecular formula is C15H20BrNO2. The number of hydrogen-bond acceptors (Lipinski definition) is 3. The van der Waals surface area contributed by atoms with Gasteiger partial charge < -0.3 is 15.2 Å². The largest absolute Gasteiger partial charge is 0.493 e. The summed E-state index contributed by atoms with van der Waals surface area (Å²) in [6.07, 6.45) is 4.42. The third-order valence-electron chi connectivity index (χ3n) is 4.24. The molecule has 0 aromatic heterocycles. The van der Waals surface area contributed by atoms with Crippen LogP contribution in [0.5, 0.6) is 5.75 Å². The maximum Gasteiger partial charge on any atom is 0.127 e. The van der Waals surface area contributed by atoms with Crippen LogP contribution in [-0.2, 0) is 13.0 Å². The lowest BCUT2D eigenvalue weighted by Gasteiger charge is -2.16. The average molecular weight is 326 g/mol. The molecule has 2 N–H and O–H groups in total. The summed E-state index contributed by atoms with van der Waals surface area (Å²) >= 11 is 3.57. The second-order valence-electron chi connectivity index (χ2n) is 5.73. The van der Waals surface area contributed by atoms with Crippen molar-refractivity contribution in [1.29, 1.82) is 0 Å². The third-order valence-corrected chi connectivity index (χ3v) is 4.70. The Labute approximate surface area is 122 Å². The normalized spacial score (nSPS) is 19.1. The SMILES string of the molecule is OCCC1(CNCc2cc(Br)cc3c2OCC3)CC1. The van der Waals surface area contributed by atoms with E-state index in [0.29, 0.717) is 12.0 Å². The highest BCUT2D eigenvalue weighted by atomic mass is 79.9. The van der Waals surface area contributed by atoms with Crippen LogP contribution in [0.25, 0.3) is 0 Å². The molecule has 2 aliphatic rings. The third kappa shape index (κ3) is 2.96. The van der Waals surface area contributed by atoms with Gasteiger partial charge in [-0.25, -0.2) is 0 Å². The number of fused-ring (bicyclic) bond motifs is 1. The highest BCUT2D eigenvalue weighted by Crippen LogP contribution is 2.48. The monoisotopic (exact) mass is 325 g/mol. The van der Waals surface area contributed by atoms with E-state index in [2.05, 4.69) is 33.4 Å². The van der Waals surface area contributed by atoms with Crippen molar-refractivity contribution >= 4 is 15.9 Å². The Hall–Kier alpha value is -0.580. The lowest BCUT2D eigenvalue weighted by Crippen LogP contribution is -2.24. The average Bonchev–Trinajstić information content (AvgIpc) is 2.97. The topological polar surface area (TPSA) is 41.5 Å². The van der Waals surface area contributed by atoms with Gasteiger partial charge in [0.05, 0.1) is 6.61 Å². The van der Waals surface area contributed by atoms with Crippen molar-refractivity contribution in [3.63, 3.8) is 0 Å². The predicted molar refractivity (Wildman–Crippen MR) is 78.4 cm³/mol. The molecule has 0 bridgehead atoms. The number of aliphatic hydroxyl groups excluding tert-OH is 1. The Morgan fingerprint density at radius 1 is 1.37 bits per heavy atom. The maximum atomic E-state index is 9.07. The van der Waals surface area contributed by atoms with Crippen molar-refractivity contribution in [1.82, 2.24) is 5.32 Å². The molecule has 3 nitrogen and oxygen atoms in total. The van der Waals surface area contributed by atoms with Crippen LogP contribution in [0, 0.1) is 5.41 Å². The minimum Gasteiger partial charge on any atom is -0.493 e. The number of halogens is 1. The fourth-order valence-electron chi connectivity index (χ4n) is 2.87. The van der Waals surface area contributed by atoms with Gasteiger partial charge in [0.15, 0.2) is 0 Å². The summed E-state index contributed by atoms with van der Waals surface area (Å²) < 4.78 is 6.86. The maximum absolute atomic E-state index is 9.07. The first kappa shape index (κ1) is 13.4. The van der Waals surface area contributed by atoms with Crippen molar-refractivity contribution in [2.45, 2.75) is 32.2 Å². The second-order valence-corrected chi connectivity index (χ2v) is 6.64. The molecule has 0 spiro atoms. The molecule has 0 saturated heterocycles. The Morgan fingerprint density at radius 3 is 2.95 bits per heavy atom. The summed E-state index contributed by atoms with van der Waals surface area (Å²) in [5.74, 6) is 1.07. The van der Waals surface area contributed by atoms with E-state index in [0.717, 1.165) is 42.8 Å². The molecule has 1 fully saturated rings. The van der Waals surface area contributed by atoms with Gasteiger partial charge in [-0.15, -0.1) is 0 Å². The molecule has 1 aromatic carbocycles. The quantitative estimate of drug-likeness (QED) is 0.844. The van der Waals surface area contributed by atoms with Crippen LogP contribution in [0.4, 0.5) is 0 Å². The minimum atomic E-state index is 0.303. The van der Waals surface area contributed by atoms with E-state index in [4.69, 9.17) is 9.84 Å². The van der Waals surface area contributed by atoms with Crippen LogP contribution >= 0.6 is 15.9 Å². The summed E-state index contributed by atoms with van der Waals surface area (Å²) in [4.78, 5) is 0. The number of nitrogens with one attached hydrogen (secondary N) is 1. The van der Waals surface area contributed by atoms with Gasteiger partial charge in [-0.05, 0) is 42.4 Å². The molecule has 0 atom stereocenters. The number of benzene rings is 1. The van der Waals surface area contributed by atoms with Gasteiger partial charge in [0.25, 0.3) is 0 Å². The zero-order valence-electron chi connectivity index (χ0n) is 11.0. The summed E-state index contributed by atoms with van der Waals surface area (Å²) in [5, 5.41) is 12.6. The summed E-state index contributed by atoms with van der Waals surface area (Å²) in [6, 6.07) is 4.29. The van der Waals surface area contributed by atoms with Crippen molar-refractivity contribution < 1.29 is 9.84 Å². The van der Waals surface area contributed by atoms with Crippen molar-refractivity contribution in [2.24, 2.45) is 5.41 Å². The Bertz CT molecular complexity index is 471. The van der Waals surface area contributed by atoms with E-state index in [9.17, 15) is 0 Å². The van der Waals surface area contributed by atoms with Crippen LogP contribution < -0.4 is 10.1 Å². The van der Waals surface area contributed by atoms with Gasteiger partial charge in [-0.1, -0.05) is 15.9 Å². The highest BCUT2D eigenvalue weighted by Gasteiger charge is 2.41. The van der Waals surface area contributed by atoms with Gasteiger partial charge >= 0.3 is 0 Å². The van der Waals surface area contributed by atoms with Crippen LogP contribution in [0.15, 0.2) is 16.6 Å². The molecule has 0 unspecified atom stereocenters. The van der Waals surface area contributed by atoms with Crippen molar-refractivity contribution in [2.75, 3.05) is 19.8 Å². The van der Waals surface area contributed by atoms with E-state index in [1.165, 1.54) is 24.0 Å². The molecule has 0 radical (unpaired) electrons. The Balaban J connectivity index is 1.61. The van der Waals surface area contributed by atoms with Crippen LogP contribution in [0.3, 0.4) is 0 Å². The van der Waals surface area contributed by atoms with Gasteiger partial charge in [-0.2, -0.15) is 0 Å². The summed E-state index contributed by atoms with van der Waals surface area (Å²) in [7, 11) is 0. The summed E-state index contributed by atoms with van der Waals surface area (Å²) in [5.41, 5.74) is 2.91. The zero-order valence-corrected chi connectivity index (χ0v) is 12.6. The fraction of sp³-hybridized carbons (Fsp3) is 0.600. The van der Waals surface area contributed by atoms with E-state index >= 15 is 0 Å². The van der Waals surface area contributed by atoms with Gasteiger partial charge in [0, 0.05) is 36.2 Å². The van der Waals surface area contributed by atoms with Gasteiger partial charge in [0.1, 0.15) is 5.75 Å². The zero-order chi connectivity index (χ0) is 13.3. The van der Waals surface area contributed by atoms with Gasteiger partial charge in [0.2, 0.25) is 0 Å². The number of aliphatic hydroxyl groups is 1. The Morgan fingerprint density at radius 2 is 2.21 bits per heavy atom. The molecule has 1 saturated carbocycles. The van der Waals surface area contributed by atoms with Crippen LogP contribution in [0.1, 0.15) is 30.4 Å². The van der Waals surface area contributed by atoms with E-state index < -0.39 is 0 Å². The molecule has 1 aromatic rings. The molecule has 4 heteroatoms. The Kier molecular flexibility index (Phi) is 3.83. The second kappa shape index (κ2) is 5.43. The highest BCUT2D eigenvalue weighted by molar-refractivity contribution is 9.10. The van der Waals surface area contributed by atoms with Crippen molar-refractivity contribution in [3.8, 4) is 5.75 Å². The number of hydrogen-bond donors (Lipinski definition) is 2. The lowest BCUT2D eigenvalue weighted by molar-refractivity contribution is 0.245. The first-order valence-electron chi connectivity index (χ1n) is 6.98. The molecule has 1 heterocycles. The standard InChI is InChI=1S/C15H20BrNO2/c16-13-7-11-1-6-19-14(11)12(8-13)9-17-10-15(2-3-15)4-5-18/h7-8,17-18H,1-6,9-10H2. The van der Waals surface area contributed by atoms with Crippen LogP contribution in [-0.4, -0.2) is 24.9 Å². The van der Waals surface area contributed by atoms with Gasteiger partial charge in [-0.3, -0.25) is 0 Å². The summed E-state index contributed by atoms with van der Waals surface area (Å²) in [6.45, 7) is 2.94. The first-order valence-corrected chi connectivity index (χ1v) is 7.77. The van der Waals surface area contributed by atoms with Crippen molar-refractivity contribution in [3.05, 3.63) is 27.7 Å².